The highest BCUT2D eigenvalue weighted by atomic mass is 16.6. The summed E-state index contributed by atoms with van der Waals surface area (Å²) in [5.74, 6) is 0.497. The number of hydrogen-bond acceptors (Lipinski definition) is 6. The summed E-state index contributed by atoms with van der Waals surface area (Å²) in [7, 11) is 0. The molecule has 2 atom stereocenters. The quantitative estimate of drug-likeness (QED) is 0.773. The van der Waals surface area contributed by atoms with Crippen molar-refractivity contribution in [1.82, 2.24) is 14.9 Å². The fourth-order valence-corrected chi connectivity index (χ4v) is 4.11. The summed E-state index contributed by atoms with van der Waals surface area (Å²) in [6, 6.07) is 3.78. The normalized spacial score (nSPS) is 21.9. The lowest BCUT2D eigenvalue weighted by Crippen LogP contribution is -2.33. The molecule has 0 aliphatic carbocycles. The van der Waals surface area contributed by atoms with E-state index in [4.69, 9.17) is 14.2 Å². The Bertz CT molecular complexity index is 936. The maximum atomic E-state index is 13.1. The van der Waals surface area contributed by atoms with Crippen LogP contribution in [0.3, 0.4) is 0 Å². The van der Waals surface area contributed by atoms with E-state index in [1.165, 1.54) is 6.92 Å². The zero-order valence-electron chi connectivity index (χ0n) is 17.7. The van der Waals surface area contributed by atoms with Gasteiger partial charge in [-0.3, -0.25) is 14.6 Å². The number of Topliss-reactive ketones (excluding diaryl/α,β-unsaturated/α-hetero) is 1. The maximum absolute atomic E-state index is 13.1. The molecule has 0 bridgehead atoms. The van der Waals surface area contributed by atoms with Crippen LogP contribution in [0.25, 0.3) is 0 Å². The van der Waals surface area contributed by atoms with Crippen LogP contribution < -0.4 is 4.74 Å². The maximum Gasteiger partial charge on any atom is 0.256 e. The first kappa shape index (κ1) is 20.6. The molecule has 1 N–H and O–H groups in total. The largest absolute Gasteiger partial charge is 0.484 e. The van der Waals surface area contributed by atoms with E-state index in [2.05, 4.69) is 9.97 Å². The molecular formula is C22H27N3O5. The molecule has 2 aliphatic heterocycles. The zero-order chi connectivity index (χ0) is 21.4. The van der Waals surface area contributed by atoms with E-state index in [9.17, 15) is 9.59 Å². The van der Waals surface area contributed by atoms with Gasteiger partial charge >= 0.3 is 0 Å². The summed E-state index contributed by atoms with van der Waals surface area (Å²) >= 11 is 0. The predicted octanol–water partition coefficient (Wildman–Crippen LogP) is 2.22. The molecule has 0 aromatic carbocycles. The third-order valence-corrected chi connectivity index (χ3v) is 5.69. The number of pyridine rings is 1. The lowest BCUT2D eigenvalue weighted by molar-refractivity contribution is -0.00461. The number of rotatable bonds is 4. The van der Waals surface area contributed by atoms with Crippen LogP contribution in [0, 0.1) is 20.8 Å². The first-order chi connectivity index (χ1) is 14.3. The molecule has 0 spiro atoms. The molecule has 2 fully saturated rings. The van der Waals surface area contributed by atoms with Crippen LogP contribution in [-0.4, -0.2) is 71.2 Å². The van der Waals surface area contributed by atoms with E-state index in [0.29, 0.717) is 54.6 Å². The van der Waals surface area contributed by atoms with Gasteiger partial charge in [0.05, 0.1) is 30.7 Å². The highest BCUT2D eigenvalue weighted by Crippen LogP contribution is 2.26. The molecule has 8 heteroatoms. The van der Waals surface area contributed by atoms with E-state index >= 15 is 0 Å². The monoisotopic (exact) mass is 413 g/mol. The van der Waals surface area contributed by atoms with Gasteiger partial charge in [-0.1, -0.05) is 0 Å². The molecular weight excluding hydrogens is 386 g/mol. The molecule has 2 aromatic rings. The van der Waals surface area contributed by atoms with E-state index in [1.54, 1.807) is 18.0 Å². The second-order valence-corrected chi connectivity index (χ2v) is 8.01. The first-order valence-corrected chi connectivity index (χ1v) is 10.2. The van der Waals surface area contributed by atoms with Crippen molar-refractivity contribution in [2.24, 2.45) is 0 Å². The number of nitrogens with one attached hydrogen (secondary N) is 1. The lowest BCUT2D eigenvalue weighted by Gasteiger charge is -2.20. The van der Waals surface area contributed by atoms with Gasteiger partial charge in [-0.15, -0.1) is 0 Å². The van der Waals surface area contributed by atoms with Gasteiger partial charge < -0.3 is 24.1 Å². The summed E-state index contributed by atoms with van der Waals surface area (Å²) in [6.45, 7) is 8.69. The molecule has 1 amide bonds. The van der Waals surface area contributed by atoms with Gasteiger partial charge in [0.1, 0.15) is 24.1 Å². The molecule has 0 unspecified atom stereocenters. The van der Waals surface area contributed by atoms with Gasteiger partial charge in [0, 0.05) is 31.4 Å². The number of amides is 1. The number of hydrogen-bond donors (Lipinski definition) is 1. The van der Waals surface area contributed by atoms with Gasteiger partial charge in [-0.05, 0) is 38.5 Å². The van der Waals surface area contributed by atoms with Crippen molar-refractivity contribution < 1.29 is 23.8 Å². The van der Waals surface area contributed by atoms with Crippen molar-refractivity contribution in [3.63, 3.8) is 0 Å². The Morgan fingerprint density at radius 1 is 1.13 bits per heavy atom. The second-order valence-electron chi connectivity index (χ2n) is 8.01. The van der Waals surface area contributed by atoms with Crippen LogP contribution >= 0.6 is 0 Å². The average molecular weight is 413 g/mol. The highest BCUT2D eigenvalue weighted by molar-refractivity contribution is 6.02. The molecule has 30 heavy (non-hydrogen) atoms. The summed E-state index contributed by atoms with van der Waals surface area (Å²) in [5, 5.41) is 0. The van der Waals surface area contributed by atoms with Crippen molar-refractivity contribution in [2.75, 3.05) is 26.3 Å². The minimum atomic E-state index is -0.225. The number of fused-ring (bicyclic) bond motifs is 1. The number of aromatic nitrogens is 2. The summed E-state index contributed by atoms with van der Waals surface area (Å²) in [6.07, 6.45) is 1.06. The van der Waals surface area contributed by atoms with Crippen molar-refractivity contribution in [2.45, 2.75) is 46.0 Å². The zero-order valence-corrected chi connectivity index (χ0v) is 17.7. The number of likely N-dealkylation sites (tertiary alicyclic amines) is 1. The third-order valence-electron chi connectivity index (χ3n) is 5.69. The molecule has 4 heterocycles. The van der Waals surface area contributed by atoms with Crippen LogP contribution in [0.15, 0.2) is 18.3 Å². The SMILES string of the molecule is CC(=O)c1[nH]c(C)c(C(=O)N2C[C@@H]3OCC(Oc4ccc(C)nc4)CO[C@H]3C2)c1C. The molecule has 8 nitrogen and oxygen atoms in total. The smallest absolute Gasteiger partial charge is 0.256 e. The second kappa shape index (κ2) is 8.20. The van der Waals surface area contributed by atoms with Gasteiger partial charge in [-0.2, -0.15) is 0 Å². The molecule has 2 aromatic heterocycles. The number of H-pyrrole nitrogens is 1. The van der Waals surface area contributed by atoms with E-state index < -0.39 is 0 Å². The van der Waals surface area contributed by atoms with Gasteiger partial charge in [0.15, 0.2) is 5.78 Å². The van der Waals surface area contributed by atoms with Crippen molar-refractivity contribution in [3.8, 4) is 5.75 Å². The number of carbonyl (C=O) groups is 2. The number of carbonyl (C=O) groups excluding carboxylic acids is 2. The predicted molar refractivity (Wildman–Crippen MR) is 109 cm³/mol. The number of nitrogens with zero attached hydrogens (tertiary/aromatic N) is 2. The summed E-state index contributed by atoms with van der Waals surface area (Å²) in [5.41, 5.74) is 3.38. The number of aromatic amines is 1. The van der Waals surface area contributed by atoms with Crippen LogP contribution in [0.4, 0.5) is 0 Å². The Labute approximate surface area is 175 Å². The molecule has 2 aliphatic rings. The van der Waals surface area contributed by atoms with E-state index in [0.717, 1.165) is 5.69 Å². The Hall–Kier alpha value is -2.71. The topological polar surface area (TPSA) is 93.8 Å². The average Bonchev–Trinajstić information content (AvgIpc) is 3.19. The minimum Gasteiger partial charge on any atom is -0.484 e. The Kier molecular flexibility index (Phi) is 5.62. The molecule has 0 saturated carbocycles. The van der Waals surface area contributed by atoms with Gasteiger partial charge in [0.25, 0.3) is 5.91 Å². The summed E-state index contributed by atoms with van der Waals surface area (Å²) in [4.78, 5) is 33.9. The lowest BCUT2D eigenvalue weighted by atomic mass is 10.1. The molecule has 0 radical (unpaired) electrons. The first-order valence-electron chi connectivity index (χ1n) is 10.2. The van der Waals surface area contributed by atoms with E-state index in [1.807, 2.05) is 26.0 Å². The van der Waals surface area contributed by atoms with Crippen molar-refractivity contribution in [1.29, 1.82) is 0 Å². The van der Waals surface area contributed by atoms with Crippen LogP contribution in [0.1, 0.15) is 44.7 Å². The number of aryl methyl sites for hydroxylation is 2. The minimum absolute atomic E-state index is 0.0808. The van der Waals surface area contributed by atoms with Gasteiger partial charge in [0.2, 0.25) is 0 Å². The molecule has 4 rings (SSSR count). The van der Waals surface area contributed by atoms with Crippen molar-refractivity contribution in [3.05, 3.63) is 46.5 Å². The Balaban J connectivity index is 1.39. The third kappa shape index (κ3) is 3.97. The molecule has 2 saturated heterocycles. The molecule has 160 valence electrons. The van der Waals surface area contributed by atoms with Gasteiger partial charge in [-0.25, -0.2) is 0 Å². The van der Waals surface area contributed by atoms with Crippen LogP contribution in [-0.2, 0) is 9.47 Å². The van der Waals surface area contributed by atoms with Crippen LogP contribution in [0.5, 0.6) is 5.75 Å². The number of ether oxygens (including phenoxy) is 3. The van der Waals surface area contributed by atoms with Crippen molar-refractivity contribution >= 4 is 11.7 Å². The fourth-order valence-electron chi connectivity index (χ4n) is 4.11. The Morgan fingerprint density at radius 3 is 2.33 bits per heavy atom. The standard InChI is InChI=1S/C22H27N3O5/c1-12-5-6-16(7-23-12)30-17-10-28-18-8-25(9-19(18)29-11-17)22(27)20-13(2)21(15(4)26)24-14(20)3/h5-7,17-19,24H,8-11H2,1-4H3/t18-,19-/m0/s1. The Morgan fingerprint density at radius 2 is 1.80 bits per heavy atom. The van der Waals surface area contributed by atoms with Crippen LogP contribution in [0.2, 0.25) is 0 Å². The summed E-state index contributed by atoms with van der Waals surface area (Å²) < 4.78 is 18.0. The number of ketones is 1. The highest BCUT2D eigenvalue weighted by Gasteiger charge is 2.41. The van der Waals surface area contributed by atoms with E-state index in [-0.39, 0.29) is 30.0 Å². The fraction of sp³-hybridized carbons (Fsp3) is 0.500.